The van der Waals surface area contributed by atoms with Gasteiger partial charge in [0.05, 0.1) is 28.3 Å². The number of nitrogens with one attached hydrogen (secondary N) is 2. The number of hydrazone groups is 1. The molecule has 0 saturated carbocycles. The summed E-state index contributed by atoms with van der Waals surface area (Å²) in [4.78, 5) is 8.94. The Labute approximate surface area is 177 Å². The van der Waals surface area contributed by atoms with E-state index in [-0.39, 0.29) is 5.41 Å². The molecule has 0 fully saturated rings. The Hall–Kier alpha value is -3.14. The zero-order valence-electron chi connectivity index (χ0n) is 17.9. The topological polar surface area (TPSA) is 53.1 Å². The molecule has 1 aliphatic carbocycles. The van der Waals surface area contributed by atoms with E-state index in [4.69, 9.17) is 10.1 Å². The molecule has 4 heteroatoms. The molecule has 0 amide bonds. The van der Waals surface area contributed by atoms with Crippen LogP contribution >= 0.6 is 0 Å². The van der Waals surface area contributed by atoms with E-state index in [0.29, 0.717) is 0 Å². The molecular weight excluding hydrogens is 368 g/mol. The van der Waals surface area contributed by atoms with Crippen LogP contribution in [0.15, 0.2) is 59.7 Å². The van der Waals surface area contributed by atoms with E-state index in [1.54, 1.807) is 0 Å². The van der Waals surface area contributed by atoms with Gasteiger partial charge < -0.3 is 4.98 Å². The maximum absolute atomic E-state index is 5.23. The Morgan fingerprint density at radius 2 is 1.80 bits per heavy atom. The quantitative estimate of drug-likeness (QED) is 0.389. The van der Waals surface area contributed by atoms with Crippen LogP contribution in [0.1, 0.15) is 50.6 Å². The molecule has 2 heterocycles. The van der Waals surface area contributed by atoms with Crippen LogP contribution in [0.3, 0.4) is 0 Å². The number of pyridine rings is 1. The third-order valence-electron chi connectivity index (χ3n) is 5.96. The van der Waals surface area contributed by atoms with Gasteiger partial charge in [-0.1, -0.05) is 63.6 Å². The second-order valence-electron chi connectivity index (χ2n) is 9.10. The van der Waals surface area contributed by atoms with Crippen LogP contribution in [0.5, 0.6) is 0 Å². The van der Waals surface area contributed by atoms with Crippen molar-refractivity contribution in [3.63, 3.8) is 0 Å². The average Bonchev–Trinajstić information content (AvgIpc) is 3.11. The maximum atomic E-state index is 5.23. The first-order chi connectivity index (χ1) is 14.6. The first-order valence-corrected chi connectivity index (χ1v) is 10.9. The van der Waals surface area contributed by atoms with Crippen molar-refractivity contribution < 1.29 is 0 Å². The van der Waals surface area contributed by atoms with Gasteiger partial charge in [-0.05, 0) is 42.9 Å². The number of fused-ring (bicyclic) bond motifs is 5. The number of H-pyrrole nitrogens is 1. The summed E-state index contributed by atoms with van der Waals surface area (Å²) in [7, 11) is 0. The van der Waals surface area contributed by atoms with Crippen molar-refractivity contribution in [1.29, 1.82) is 0 Å². The summed E-state index contributed by atoms with van der Waals surface area (Å²) in [6.45, 7) is 6.84. The van der Waals surface area contributed by atoms with E-state index in [1.807, 2.05) is 30.3 Å². The van der Waals surface area contributed by atoms with Crippen molar-refractivity contribution in [3.05, 3.63) is 71.5 Å². The molecular formula is C26H28N4. The van der Waals surface area contributed by atoms with Gasteiger partial charge in [0.1, 0.15) is 0 Å². The molecule has 152 valence electrons. The number of aromatic nitrogens is 2. The Balaban J connectivity index is 1.76. The van der Waals surface area contributed by atoms with Crippen LogP contribution in [0.25, 0.3) is 21.8 Å². The molecule has 2 N–H and O–H groups in total. The molecule has 0 spiro atoms. The highest BCUT2D eigenvalue weighted by Gasteiger charge is 2.33. The molecule has 30 heavy (non-hydrogen) atoms. The van der Waals surface area contributed by atoms with E-state index in [1.165, 1.54) is 38.8 Å². The van der Waals surface area contributed by atoms with Crippen molar-refractivity contribution in [3.8, 4) is 0 Å². The number of nitrogens with zero attached hydrogens (tertiary/aromatic N) is 2. The fraction of sp³-hybridized carbons (Fsp3) is 0.308. The largest absolute Gasteiger partial charge is 0.354 e. The number of hydrogen-bond acceptors (Lipinski definition) is 3. The SMILES string of the molecule is CCCc1nc2c(c3[nH]c4ccccc4c13)/C(=N/Nc1ccccc1)CC(C)(C)C2. The van der Waals surface area contributed by atoms with Gasteiger partial charge in [-0.3, -0.25) is 10.4 Å². The predicted octanol–water partition coefficient (Wildman–Crippen LogP) is 6.46. The lowest BCUT2D eigenvalue weighted by atomic mass is 9.74. The van der Waals surface area contributed by atoms with Gasteiger partial charge in [-0.25, -0.2) is 0 Å². The Morgan fingerprint density at radius 3 is 2.60 bits per heavy atom. The van der Waals surface area contributed by atoms with Gasteiger partial charge in [-0.15, -0.1) is 0 Å². The number of rotatable bonds is 4. The zero-order chi connectivity index (χ0) is 20.7. The van der Waals surface area contributed by atoms with Crippen LogP contribution in [-0.2, 0) is 12.8 Å². The number of benzene rings is 2. The molecule has 2 aromatic heterocycles. The molecule has 4 aromatic rings. The van der Waals surface area contributed by atoms with Crippen LogP contribution in [-0.4, -0.2) is 15.7 Å². The lowest BCUT2D eigenvalue weighted by molar-refractivity contribution is 0.367. The molecule has 1 aliphatic rings. The van der Waals surface area contributed by atoms with Crippen molar-refractivity contribution >= 4 is 33.2 Å². The smallest absolute Gasteiger partial charge is 0.0724 e. The summed E-state index contributed by atoms with van der Waals surface area (Å²) >= 11 is 0. The number of aromatic amines is 1. The first-order valence-electron chi connectivity index (χ1n) is 10.9. The molecule has 0 bridgehead atoms. The van der Waals surface area contributed by atoms with Crippen LogP contribution in [0.4, 0.5) is 5.69 Å². The Morgan fingerprint density at radius 1 is 1.03 bits per heavy atom. The average molecular weight is 397 g/mol. The highest BCUT2D eigenvalue weighted by Crippen LogP contribution is 2.40. The molecule has 0 radical (unpaired) electrons. The monoisotopic (exact) mass is 396 g/mol. The minimum absolute atomic E-state index is 0.125. The predicted molar refractivity (Wildman–Crippen MR) is 126 cm³/mol. The van der Waals surface area contributed by atoms with Gasteiger partial charge in [-0.2, -0.15) is 5.10 Å². The zero-order valence-corrected chi connectivity index (χ0v) is 17.9. The van der Waals surface area contributed by atoms with E-state index >= 15 is 0 Å². The standard InChI is InChI=1S/C26H28N4/c1-4-10-20-23-18-13-8-9-14-19(18)28-25(23)24-21(27-20)15-26(2,3)16-22(24)30-29-17-11-6-5-7-12-17/h5-9,11-14,28-29H,4,10,15-16H2,1-3H3/b30-22+. The molecule has 0 unspecified atom stereocenters. The van der Waals surface area contributed by atoms with Crippen LogP contribution < -0.4 is 5.43 Å². The second kappa shape index (κ2) is 7.28. The lowest BCUT2D eigenvalue weighted by Crippen LogP contribution is -2.29. The summed E-state index contributed by atoms with van der Waals surface area (Å²) in [6, 6.07) is 18.7. The Kier molecular flexibility index (Phi) is 4.58. The van der Waals surface area contributed by atoms with Gasteiger partial charge in [0.25, 0.3) is 0 Å². The fourth-order valence-corrected chi connectivity index (χ4v) is 4.70. The fourth-order valence-electron chi connectivity index (χ4n) is 4.70. The second-order valence-corrected chi connectivity index (χ2v) is 9.10. The van der Waals surface area contributed by atoms with Gasteiger partial charge in [0.2, 0.25) is 0 Å². The molecule has 5 rings (SSSR count). The minimum Gasteiger partial charge on any atom is -0.354 e. The van der Waals surface area contributed by atoms with Crippen molar-refractivity contribution in [2.24, 2.45) is 10.5 Å². The summed E-state index contributed by atoms with van der Waals surface area (Å²) in [5.74, 6) is 0. The van der Waals surface area contributed by atoms with E-state index in [2.05, 4.69) is 55.4 Å². The first kappa shape index (κ1) is 18.9. The molecule has 2 aromatic carbocycles. The summed E-state index contributed by atoms with van der Waals surface area (Å²) < 4.78 is 0. The number of anilines is 1. The van der Waals surface area contributed by atoms with E-state index in [9.17, 15) is 0 Å². The normalized spacial score (nSPS) is 16.8. The third kappa shape index (κ3) is 3.26. The lowest BCUT2D eigenvalue weighted by Gasteiger charge is -2.32. The van der Waals surface area contributed by atoms with Crippen molar-refractivity contribution in [2.45, 2.75) is 46.5 Å². The van der Waals surface area contributed by atoms with Crippen molar-refractivity contribution in [2.75, 3.05) is 5.43 Å². The highest BCUT2D eigenvalue weighted by molar-refractivity contribution is 6.18. The molecule has 0 atom stereocenters. The number of para-hydroxylation sites is 2. The van der Waals surface area contributed by atoms with E-state index in [0.717, 1.165) is 37.1 Å². The van der Waals surface area contributed by atoms with Gasteiger partial charge in [0, 0.05) is 21.9 Å². The number of aryl methyl sites for hydroxylation is 1. The third-order valence-corrected chi connectivity index (χ3v) is 5.96. The van der Waals surface area contributed by atoms with Crippen LogP contribution in [0, 0.1) is 5.41 Å². The summed E-state index contributed by atoms with van der Waals surface area (Å²) in [5, 5.41) is 7.41. The molecule has 0 aliphatic heterocycles. The highest BCUT2D eigenvalue weighted by atomic mass is 15.3. The Bertz CT molecular complexity index is 1250. The van der Waals surface area contributed by atoms with Crippen LogP contribution in [0.2, 0.25) is 0 Å². The maximum Gasteiger partial charge on any atom is 0.0724 e. The summed E-state index contributed by atoms with van der Waals surface area (Å²) in [5.41, 5.74) is 11.4. The van der Waals surface area contributed by atoms with E-state index < -0.39 is 0 Å². The van der Waals surface area contributed by atoms with Gasteiger partial charge >= 0.3 is 0 Å². The minimum atomic E-state index is 0.125. The summed E-state index contributed by atoms with van der Waals surface area (Å²) in [6.07, 6.45) is 3.95. The van der Waals surface area contributed by atoms with Crippen molar-refractivity contribution in [1.82, 2.24) is 9.97 Å². The van der Waals surface area contributed by atoms with Gasteiger partial charge in [0.15, 0.2) is 0 Å². The molecule has 4 nitrogen and oxygen atoms in total. The molecule has 0 saturated heterocycles. The number of hydrogen-bond donors (Lipinski definition) is 2.